The predicted molar refractivity (Wildman–Crippen MR) is 128 cm³/mol. The zero-order valence-corrected chi connectivity index (χ0v) is 20.6. The van der Waals surface area contributed by atoms with Crippen molar-refractivity contribution < 1.29 is 19.0 Å². The molecule has 1 N–H and O–H groups in total. The van der Waals surface area contributed by atoms with E-state index >= 15 is 0 Å². The third kappa shape index (κ3) is 8.90. The maximum absolute atomic E-state index is 12.7. The number of ether oxygens (including phenoxy) is 3. The van der Waals surface area contributed by atoms with Gasteiger partial charge in [-0.3, -0.25) is 4.79 Å². The number of amides is 1. The van der Waals surface area contributed by atoms with Crippen LogP contribution in [0.15, 0.2) is 12.1 Å². The van der Waals surface area contributed by atoms with Gasteiger partial charge in [-0.15, -0.1) is 5.10 Å². The van der Waals surface area contributed by atoms with Crippen molar-refractivity contribution in [3.63, 3.8) is 0 Å². The minimum absolute atomic E-state index is 0.0586. The molecule has 9 nitrogen and oxygen atoms in total. The first-order valence-corrected chi connectivity index (χ1v) is 12.0. The van der Waals surface area contributed by atoms with Crippen LogP contribution < -0.4 is 19.5 Å². The average molecular weight is 462 g/mol. The maximum atomic E-state index is 12.7. The third-order valence-corrected chi connectivity index (χ3v) is 5.63. The van der Waals surface area contributed by atoms with Gasteiger partial charge in [-0.25, -0.2) is 4.68 Å². The summed E-state index contributed by atoms with van der Waals surface area (Å²) < 4.78 is 17.7. The fourth-order valence-electron chi connectivity index (χ4n) is 3.73. The lowest BCUT2D eigenvalue weighted by atomic mass is 10.1. The SMILES string of the molecule is CCCCCCCCCCCCn1nnnc1CC(=O)Nc1c(OC)cc(OC)cc1OC. The molecule has 0 spiro atoms. The molecule has 9 heteroatoms. The fourth-order valence-corrected chi connectivity index (χ4v) is 3.73. The Morgan fingerprint density at radius 1 is 0.879 bits per heavy atom. The molecule has 1 heterocycles. The van der Waals surface area contributed by atoms with E-state index in [4.69, 9.17) is 14.2 Å². The van der Waals surface area contributed by atoms with E-state index in [1.807, 2.05) is 0 Å². The molecule has 1 aromatic heterocycles. The van der Waals surface area contributed by atoms with Gasteiger partial charge in [0.25, 0.3) is 0 Å². The molecule has 0 unspecified atom stereocenters. The topological polar surface area (TPSA) is 100 Å². The Labute approximate surface area is 197 Å². The van der Waals surface area contributed by atoms with Crippen molar-refractivity contribution in [2.24, 2.45) is 0 Å². The van der Waals surface area contributed by atoms with Gasteiger partial charge in [-0.05, 0) is 16.8 Å². The van der Waals surface area contributed by atoms with Crippen LogP contribution in [0.3, 0.4) is 0 Å². The number of unbranched alkanes of at least 4 members (excludes halogenated alkanes) is 9. The van der Waals surface area contributed by atoms with Crippen LogP contribution in [0.25, 0.3) is 0 Å². The Balaban J connectivity index is 1.79. The Hall–Kier alpha value is -2.84. The molecule has 2 rings (SSSR count). The van der Waals surface area contributed by atoms with Gasteiger partial charge >= 0.3 is 0 Å². The van der Waals surface area contributed by atoms with E-state index in [0.717, 1.165) is 12.8 Å². The number of nitrogens with zero attached hydrogens (tertiary/aromatic N) is 4. The molecule has 0 aliphatic heterocycles. The van der Waals surface area contributed by atoms with Crippen LogP contribution in [0.5, 0.6) is 17.2 Å². The van der Waals surface area contributed by atoms with Gasteiger partial charge in [0.2, 0.25) is 5.91 Å². The quantitative estimate of drug-likeness (QED) is 0.338. The first-order chi connectivity index (χ1) is 16.1. The number of methoxy groups -OCH3 is 3. The molecule has 0 fully saturated rings. The van der Waals surface area contributed by atoms with E-state index < -0.39 is 0 Å². The van der Waals surface area contributed by atoms with Crippen LogP contribution in [0.2, 0.25) is 0 Å². The number of benzene rings is 1. The van der Waals surface area contributed by atoms with Gasteiger partial charge in [-0.1, -0.05) is 64.7 Å². The Kier molecular flexibility index (Phi) is 12.1. The van der Waals surface area contributed by atoms with Crippen molar-refractivity contribution in [3.05, 3.63) is 18.0 Å². The van der Waals surface area contributed by atoms with Gasteiger partial charge in [0.1, 0.15) is 22.9 Å². The minimum atomic E-state index is -0.254. The monoisotopic (exact) mass is 461 g/mol. The largest absolute Gasteiger partial charge is 0.496 e. The fraction of sp³-hybridized carbons (Fsp3) is 0.667. The van der Waals surface area contributed by atoms with Crippen molar-refractivity contribution in [1.82, 2.24) is 20.2 Å². The summed E-state index contributed by atoms with van der Waals surface area (Å²) in [4.78, 5) is 12.7. The number of anilines is 1. The lowest BCUT2D eigenvalue weighted by Crippen LogP contribution is -2.19. The van der Waals surface area contributed by atoms with Crippen molar-refractivity contribution in [2.45, 2.75) is 84.1 Å². The summed E-state index contributed by atoms with van der Waals surface area (Å²) in [6, 6.07) is 3.38. The van der Waals surface area contributed by atoms with E-state index in [9.17, 15) is 4.79 Å². The Bertz CT molecular complexity index is 815. The van der Waals surface area contributed by atoms with Crippen LogP contribution in [0.1, 0.15) is 77.0 Å². The van der Waals surface area contributed by atoms with Gasteiger partial charge in [0.05, 0.1) is 27.8 Å². The molecular weight excluding hydrogens is 422 g/mol. The average Bonchev–Trinajstić information content (AvgIpc) is 3.26. The van der Waals surface area contributed by atoms with E-state index in [0.29, 0.717) is 35.3 Å². The van der Waals surface area contributed by atoms with Crippen molar-refractivity contribution in [3.8, 4) is 17.2 Å². The molecule has 1 aromatic carbocycles. The van der Waals surface area contributed by atoms with E-state index in [1.54, 1.807) is 23.9 Å². The van der Waals surface area contributed by atoms with E-state index in [2.05, 4.69) is 27.8 Å². The van der Waals surface area contributed by atoms with Crippen molar-refractivity contribution >= 4 is 11.6 Å². The number of hydrogen-bond acceptors (Lipinski definition) is 7. The molecular formula is C24H39N5O4. The van der Waals surface area contributed by atoms with Crippen molar-refractivity contribution in [1.29, 1.82) is 0 Å². The zero-order valence-electron chi connectivity index (χ0n) is 20.6. The lowest BCUT2D eigenvalue weighted by Gasteiger charge is -2.15. The number of carbonyl (C=O) groups is 1. The van der Waals surface area contributed by atoms with Gasteiger partial charge < -0.3 is 19.5 Å². The molecule has 0 saturated carbocycles. The number of nitrogens with one attached hydrogen (secondary N) is 1. The van der Waals surface area contributed by atoms with Crippen molar-refractivity contribution in [2.75, 3.05) is 26.6 Å². The molecule has 1 amide bonds. The highest BCUT2D eigenvalue weighted by Gasteiger charge is 2.18. The Morgan fingerprint density at radius 3 is 2.00 bits per heavy atom. The molecule has 0 bridgehead atoms. The van der Waals surface area contributed by atoms with Crippen LogP contribution >= 0.6 is 0 Å². The second-order valence-electron chi connectivity index (χ2n) is 8.13. The number of tetrazole rings is 1. The zero-order chi connectivity index (χ0) is 23.9. The highest BCUT2D eigenvalue weighted by molar-refractivity contribution is 5.95. The minimum Gasteiger partial charge on any atom is -0.496 e. The third-order valence-electron chi connectivity index (χ3n) is 5.63. The van der Waals surface area contributed by atoms with Gasteiger partial charge in [0.15, 0.2) is 5.82 Å². The highest BCUT2D eigenvalue weighted by Crippen LogP contribution is 2.38. The number of rotatable bonds is 17. The highest BCUT2D eigenvalue weighted by atomic mass is 16.5. The Morgan fingerprint density at radius 2 is 1.45 bits per heavy atom. The summed E-state index contributed by atoms with van der Waals surface area (Å²) in [5, 5.41) is 14.7. The molecule has 33 heavy (non-hydrogen) atoms. The molecule has 0 aliphatic rings. The van der Waals surface area contributed by atoms with E-state index in [1.165, 1.54) is 65.6 Å². The van der Waals surface area contributed by atoms with Crippen LogP contribution in [0, 0.1) is 0 Å². The van der Waals surface area contributed by atoms with Gasteiger partial charge in [-0.2, -0.15) is 0 Å². The summed E-state index contributed by atoms with van der Waals surface area (Å²) in [6.45, 7) is 2.96. The van der Waals surface area contributed by atoms with Crippen LogP contribution in [-0.2, 0) is 17.8 Å². The molecule has 0 atom stereocenters. The number of aryl methyl sites for hydroxylation is 1. The number of hydrogen-bond donors (Lipinski definition) is 1. The number of carbonyl (C=O) groups excluding carboxylic acids is 1. The second kappa shape index (κ2) is 15.1. The molecule has 0 aliphatic carbocycles. The summed E-state index contributed by atoms with van der Waals surface area (Å²) in [5.74, 6) is 1.75. The second-order valence-corrected chi connectivity index (χ2v) is 8.13. The predicted octanol–water partition coefficient (Wildman–Crippen LogP) is 4.80. The summed E-state index contributed by atoms with van der Waals surface area (Å²) >= 11 is 0. The van der Waals surface area contributed by atoms with E-state index in [-0.39, 0.29) is 12.3 Å². The first kappa shape index (κ1) is 26.4. The molecule has 2 aromatic rings. The normalized spacial score (nSPS) is 10.8. The summed E-state index contributed by atoms with van der Waals surface area (Å²) in [7, 11) is 4.61. The smallest absolute Gasteiger partial charge is 0.232 e. The molecule has 0 radical (unpaired) electrons. The molecule has 0 saturated heterocycles. The van der Waals surface area contributed by atoms with Gasteiger partial charge in [0, 0.05) is 18.7 Å². The standard InChI is InChI=1S/C24H39N5O4/c1-5-6-7-8-9-10-11-12-13-14-15-29-22(26-27-28-29)18-23(30)25-24-20(32-3)16-19(31-2)17-21(24)33-4/h16-17H,5-15,18H2,1-4H3,(H,25,30). The summed E-state index contributed by atoms with van der Waals surface area (Å²) in [6.07, 6.45) is 12.7. The van der Waals surface area contributed by atoms with Crippen LogP contribution in [0.4, 0.5) is 5.69 Å². The summed E-state index contributed by atoms with van der Waals surface area (Å²) in [5.41, 5.74) is 0.444. The first-order valence-electron chi connectivity index (χ1n) is 12.0. The molecule has 184 valence electrons. The maximum Gasteiger partial charge on any atom is 0.232 e. The number of aromatic nitrogens is 4. The van der Waals surface area contributed by atoms with Crippen LogP contribution in [-0.4, -0.2) is 47.4 Å². The lowest BCUT2D eigenvalue weighted by molar-refractivity contribution is -0.115.